The van der Waals surface area contributed by atoms with Crippen LogP contribution in [0, 0.1) is 0 Å². The van der Waals surface area contributed by atoms with Crippen LogP contribution in [0.3, 0.4) is 0 Å². The summed E-state index contributed by atoms with van der Waals surface area (Å²) in [4.78, 5) is 28.5. The topological polar surface area (TPSA) is 110 Å². The average Bonchev–Trinajstić information content (AvgIpc) is 3.21. The van der Waals surface area contributed by atoms with Gasteiger partial charge in [-0.1, -0.05) is 18.2 Å². The number of piperidine rings is 1. The number of nitrogens with zero attached hydrogens (tertiary/aromatic N) is 2. The number of hydrogen-bond acceptors (Lipinski definition) is 7. The number of hydrogen-bond donors (Lipinski definition) is 1. The van der Waals surface area contributed by atoms with E-state index < -0.39 is 15.3 Å². The SMILES string of the molecule is CC(=O)c1ccc(NC(=O)[C@@H](C)Sc2nc3cc(S(=O)(=O)N4CCCCC4)ccc3o2)cc1. The second kappa shape index (κ2) is 9.66. The van der Waals surface area contributed by atoms with E-state index in [1.54, 1.807) is 37.3 Å². The van der Waals surface area contributed by atoms with E-state index in [2.05, 4.69) is 10.3 Å². The van der Waals surface area contributed by atoms with E-state index in [1.165, 1.54) is 23.4 Å². The first-order valence-electron chi connectivity index (χ1n) is 10.7. The molecule has 4 rings (SSSR count). The summed E-state index contributed by atoms with van der Waals surface area (Å²) in [7, 11) is -3.56. The Morgan fingerprint density at radius 2 is 1.79 bits per heavy atom. The summed E-state index contributed by atoms with van der Waals surface area (Å²) >= 11 is 1.14. The van der Waals surface area contributed by atoms with Gasteiger partial charge in [0.25, 0.3) is 5.22 Å². The van der Waals surface area contributed by atoms with Crippen molar-refractivity contribution < 1.29 is 22.4 Å². The van der Waals surface area contributed by atoms with Gasteiger partial charge in [0.2, 0.25) is 15.9 Å². The largest absolute Gasteiger partial charge is 0.431 e. The Balaban J connectivity index is 1.45. The standard InChI is InChI=1S/C23H25N3O5S2/c1-15(27)17-6-8-18(9-7-17)24-22(28)16(2)32-23-25-20-14-19(10-11-21(20)31-23)33(29,30)26-12-4-3-5-13-26/h6-11,14,16H,3-5,12-13H2,1-2H3,(H,24,28)/t16-/m1/s1. The first kappa shape index (κ1) is 23.5. The summed E-state index contributed by atoms with van der Waals surface area (Å²) < 4.78 is 33.1. The van der Waals surface area contributed by atoms with Gasteiger partial charge in [-0.3, -0.25) is 9.59 Å². The summed E-state index contributed by atoms with van der Waals surface area (Å²) in [5.74, 6) is -0.286. The number of Topliss-reactive ketones (excluding diaryl/α,β-unsaturated/α-hetero) is 1. The first-order valence-corrected chi connectivity index (χ1v) is 13.1. The molecular formula is C23H25N3O5S2. The molecule has 8 nitrogen and oxygen atoms in total. The maximum Gasteiger partial charge on any atom is 0.257 e. The molecule has 1 saturated heterocycles. The molecule has 1 fully saturated rings. The summed E-state index contributed by atoms with van der Waals surface area (Å²) in [5.41, 5.74) is 2.05. The fourth-order valence-electron chi connectivity index (χ4n) is 3.59. The van der Waals surface area contributed by atoms with Crippen molar-refractivity contribution in [1.29, 1.82) is 0 Å². The third-order valence-corrected chi connectivity index (χ3v) is 8.34. The molecule has 1 aromatic heterocycles. The molecule has 0 radical (unpaired) electrons. The third kappa shape index (κ3) is 5.29. The highest BCUT2D eigenvalue weighted by molar-refractivity contribution is 8.00. The maximum atomic E-state index is 12.9. The number of nitrogens with one attached hydrogen (secondary N) is 1. The molecule has 1 aliphatic heterocycles. The zero-order chi connectivity index (χ0) is 23.6. The van der Waals surface area contributed by atoms with Crippen LogP contribution in [-0.4, -0.2) is 47.7 Å². The van der Waals surface area contributed by atoms with Crippen molar-refractivity contribution in [3.05, 3.63) is 48.0 Å². The molecule has 0 saturated carbocycles. The van der Waals surface area contributed by atoms with E-state index in [-0.39, 0.29) is 21.8 Å². The smallest absolute Gasteiger partial charge is 0.257 e. The van der Waals surface area contributed by atoms with Crippen molar-refractivity contribution >= 4 is 50.3 Å². The van der Waals surface area contributed by atoms with E-state index in [0.717, 1.165) is 31.0 Å². The minimum absolute atomic E-state index is 0.0420. The van der Waals surface area contributed by atoms with Crippen LogP contribution in [0.2, 0.25) is 0 Å². The number of carbonyl (C=O) groups excluding carboxylic acids is 2. The molecule has 0 aliphatic carbocycles. The lowest BCUT2D eigenvalue weighted by Crippen LogP contribution is -2.35. The Bertz CT molecular complexity index is 1280. The average molecular weight is 488 g/mol. The van der Waals surface area contributed by atoms with Gasteiger partial charge in [-0.25, -0.2) is 13.4 Å². The predicted octanol–water partition coefficient (Wildman–Crippen LogP) is 4.32. The number of carbonyl (C=O) groups is 2. The summed E-state index contributed by atoms with van der Waals surface area (Å²) in [5, 5.41) is 2.57. The minimum Gasteiger partial charge on any atom is -0.431 e. The molecule has 33 heavy (non-hydrogen) atoms. The number of thioether (sulfide) groups is 1. The van der Waals surface area contributed by atoms with E-state index in [4.69, 9.17) is 4.42 Å². The fraction of sp³-hybridized carbons (Fsp3) is 0.348. The lowest BCUT2D eigenvalue weighted by Gasteiger charge is -2.25. The lowest BCUT2D eigenvalue weighted by atomic mass is 10.1. The summed E-state index contributed by atoms with van der Waals surface area (Å²) in [6.45, 7) is 4.28. The number of anilines is 1. The molecule has 174 valence electrons. The van der Waals surface area contributed by atoms with Crippen molar-refractivity contribution in [3.8, 4) is 0 Å². The molecule has 1 aliphatic rings. The van der Waals surface area contributed by atoms with Gasteiger partial charge in [-0.05, 0) is 69.2 Å². The van der Waals surface area contributed by atoms with E-state index in [0.29, 0.717) is 35.4 Å². The van der Waals surface area contributed by atoms with Gasteiger partial charge in [0, 0.05) is 24.3 Å². The Morgan fingerprint density at radius 3 is 2.45 bits per heavy atom. The number of benzene rings is 2. The number of aromatic nitrogens is 1. The number of amides is 1. The highest BCUT2D eigenvalue weighted by Crippen LogP contribution is 2.30. The molecular weight excluding hydrogens is 462 g/mol. The monoisotopic (exact) mass is 487 g/mol. The van der Waals surface area contributed by atoms with Crippen LogP contribution in [0.5, 0.6) is 0 Å². The van der Waals surface area contributed by atoms with Gasteiger partial charge in [-0.15, -0.1) is 0 Å². The van der Waals surface area contributed by atoms with Crippen molar-refractivity contribution in [2.75, 3.05) is 18.4 Å². The normalized spacial score (nSPS) is 15.9. The van der Waals surface area contributed by atoms with Crippen LogP contribution in [0.4, 0.5) is 5.69 Å². The molecule has 2 heterocycles. The number of oxazole rings is 1. The van der Waals surface area contributed by atoms with Crippen LogP contribution in [0.25, 0.3) is 11.1 Å². The predicted molar refractivity (Wildman–Crippen MR) is 127 cm³/mol. The van der Waals surface area contributed by atoms with Crippen LogP contribution >= 0.6 is 11.8 Å². The van der Waals surface area contributed by atoms with Crippen molar-refractivity contribution in [1.82, 2.24) is 9.29 Å². The van der Waals surface area contributed by atoms with E-state index >= 15 is 0 Å². The van der Waals surface area contributed by atoms with Crippen molar-refractivity contribution in [2.45, 2.75) is 48.5 Å². The van der Waals surface area contributed by atoms with Gasteiger partial charge in [0.05, 0.1) is 10.1 Å². The molecule has 2 aromatic carbocycles. The molecule has 1 atom stereocenters. The summed E-state index contributed by atoms with van der Waals surface area (Å²) in [6.07, 6.45) is 2.78. The van der Waals surface area contributed by atoms with Crippen molar-refractivity contribution in [3.63, 3.8) is 0 Å². The molecule has 1 N–H and O–H groups in total. The van der Waals surface area contributed by atoms with Crippen LogP contribution < -0.4 is 5.32 Å². The Kier molecular flexibility index (Phi) is 6.87. The van der Waals surface area contributed by atoms with Gasteiger partial charge in [0.1, 0.15) is 5.52 Å². The van der Waals surface area contributed by atoms with E-state index in [1.807, 2.05) is 0 Å². The molecule has 0 bridgehead atoms. The number of rotatable bonds is 7. The second-order valence-electron chi connectivity index (χ2n) is 7.96. The van der Waals surface area contributed by atoms with Gasteiger partial charge >= 0.3 is 0 Å². The van der Waals surface area contributed by atoms with Crippen molar-refractivity contribution in [2.24, 2.45) is 0 Å². The zero-order valence-corrected chi connectivity index (χ0v) is 20.0. The Hall–Kier alpha value is -2.69. The van der Waals surface area contributed by atoms with Gasteiger partial charge in [0.15, 0.2) is 11.4 Å². The molecule has 3 aromatic rings. The lowest BCUT2D eigenvalue weighted by molar-refractivity contribution is -0.115. The minimum atomic E-state index is -3.56. The quantitative estimate of drug-likeness (QED) is 0.390. The second-order valence-corrected chi connectivity index (χ2v) is 11.2. The van der Waals surface area contributed by atoms with Crippen LogP contribution in [0.1, 0.15) is 43.5 Å². The highest BCUT2D eigenvalue weighted by Gasteiger charge is 2.27. The fourth-order valence-corrected chi connectivity index (χ4v) is 5.88. The van der Waals surface area contributed by atoms with Gasteiger partial charge in [-0.2, -0.15) is 4.31 Å². The number of sulfonamides is 1. The number of ketones is 1. The van der Waals surface area contributed by atoms with Gasteiger partial charge < -0.3 is 9.73 Å². The highest BCUT2D eigenvalue weighted by atomic mass is 32.2. The molecule has 1 amide bonds. The first-order chi connectivity index (χ1) is 15.7. The Morgan fingerprint density at radius 1 is 1.09 bits per heavy atom. The summed E-state index contributed by atoms with van der Waals surface area (Å²) in [6, 6.07) is 11.3. The zero-order valence-electron chi connectivity index (χ0n) is 18.4. The third-order valence-electron chi connectivity index (χ3n) is 5.50. The molecule has 10 heteroatoms. The molecule has 0 spiro atoms. The van der Waals surface area contributed by atoms with Crippen LogP contribution in [0.15, 0.2) is 57.0 Å². The van der Waals surface area contributed by atoms with E-state index in [9.17, 15) is 18.0 Å². The maximum absolute atomic E-state index is 12.9. The Labute approximate surface area is 196 Å². The molecule has 0 unspecified atom stereocenters. The number of fused-ring (bicyclic) bond motifs is 1. The van der Waals surface area contributed by atoms with Crippen LogP contribution in [-0.2, 0) is 14.8 Å².